The van der Waals surface area contributed by atoms with Crippen LogP contribution in [0.2, 0.25) is 0 Å². The highest BCUT2D eigenvalue weighted by Crippen LogP contribution is 2.26. The van der Waals surface area contributed by atoms with Gasteiger partial charge in [0.05, 0.1) is 37.2 Å². The van der Waals surface area contributed by atoms with Gasteiger partial charge < -0.3 is 14.4 Å². The van der Waals surface area contributed by atoms with Crippen LogP contribution in [0.5, 0.6) is 5.75 Å². The van der Waals surface area contributed by atoms with E-state index in [0.29, 0.717) is 12.4 Å². The van der Waals surface area contributed by atoms with Gasteiger partial charge >= 0.3 is 0 Å². The van der Waals surface area contributed by atoms with E-state index in [9.17, 15) is 13.2 Å². The molecule has 1 aromatic carbocycles. The van der Waals surface area contributed by atoms with E-state index in [1.807, 2.05) is 0 Å². The zero-order valence-corrected chi connectivity index (χ0v) is 14.0. The fraction of sp³-hybridized carbons (Fsp3) is 0.533. The lowest BCUT2D eigenvalue weighted by atomic mass is 10.1. The van der Waals surface area contributed by atoms with Gasteiger partial charge in [-0.05, 0) is 24.3 Å². The van der Waals surface area contributed by atoms with Crippen molar-refractivity contribution in [2.45, 2.75) is 10.9 Å². The summed E-state index contributed by atoms with van der Waals surface area (Å²) in [4.78, 5) is 14.1. The van der Waals surface area contributed by atoms with Crippen LogP contribution >= 0.6 is 0 Å². The summed E-state index contributed by atoms with van der Waals surface area (Å²) >= 11 is 0. The summed E-state index contributed by atoms with van der Waals surface area (Å²) in [6.07, 6.45) is 0. The van der Waals surface area contributed by atoms with E-state index in [0.717, 1.165) is 0 Å². The first-order chi connectivity index (χ1) is 10.9. The second kappa shape index (κ2) is 6.10. The molecule has 3 rings (SSSR count). The second-order valence-corrected chi connectivity index (χ2v) is 7.77. The molecule has 0 aromatic heterocycles. The van der Waals surface area contributed by atoms with E-state index in [2.05, 4.69) is 0 Å². The smallest absolute Gasteiger partial charge is 0.243 e. The van der Waals surface area contributed by atoms with Gasteiger partial charge in [-0.1, -0.05) is 0 Å². The van der Waals surface area contributed by atoms with Crippen LogP contribution in [-0.4, -0.2) is 70.0 Å². The molecule has 126 valence electrons. The van der Waals surface area contributed by atoms with Crippen molar-refractivity contribution in [3.05, 3.63) is 24.3 Å². The van der Waals surface area contributed by atoms with E-state index >= 15 is 0 Å². The normalized spacial score (nSPS) is 26.0. The van der Waals surface area contributed by atoms with Gasteiger partial charge in [0.1, 0.15) is 5.75 Å². The van der Waals surface area contributed by atoms with E-state index in [1.165, 1.54) is 23.5 Å². The number of hydrogen-bond donors (Lipinski definition) is 0. The monoisotopic (exact) mass is 340 g/mol. The SMILES string of the molecule is COc1ccc(S(=O)(=O)N2C[C@@H]3COC[C@H](C2)N(C)C3=O)cc1. The molecular weight excluding hydrogens is 320 g/mol. The second-order valence-electron chi connectivity index (χ2n) is 5.83. The van der Waals surface area contributed by atoms with Crippen molar-refractivity contribution in [3.8, 4) is 5.75 Å². The number of benzene rings is 1. The lowest BCUT2D eigenvalue weighted by Crippen LogP contribution is -2.45. The van der Waals surface area contributed by atoms with Gasteiger partial charge in [0.15, 0.2) is 0 Å². The minimum absolute atomic E-state index is 0.0556. The molecule has 1 amide bonds. The van der Waals surface area contributed by atoms with Crippen LogP contribution in [0.15, 0.2) is 29.2 Å². The Morgan fingerprint density at radius 3 is 2.52 bits per heavy atom. The minimum Gasteiger partial charge on any atom is -0.497 e. The van der Waals surface area contributed by atoms with E-state index in [-0.39, 0.29) is 36.5 Å². The number of carbonyl (C=O) groups excluding carboxylic acids is 1. The molecule has 23 heavy (non-hydrogen) atoms. The van der Waals surface area contributed by atoms with Crippen LogP contribution < -0.4 is 4.74 Å². The molecule has 2 aliphatic rings. The number of hydrogen-bond acceptors (Lipinski definition) is 5. The van der Waals surface area contributed by atoms with Crippen LogP contribution in [-0.2, 0) is 19.6 Å². The lowest BCUT2D eigenvalue weighted by molar-refractivity contribution is -0.133. The average molecular weight is 340 g/mol. The zero-order chi connectivity index (χ0) is 16.6. The van der Waals surface area contributed by atoms with Crippen molar-refractivity contribution in [1.82, 2.24) is 9.21 Å². The first-order valence-corrected chi connectivity index (χ1v) is 8.86. The Kier molecular flexibility index (Phi) is 4.31. The highest BCUT2D eigenvalue weighted by Gasteiger charge is 2.41. The van der Waals surface area contributed by atoms with E-state index in [1.54, 1.807) is 24.1 Å². The quantitative estimate of drug-likeness (QED) is 0.784. The van der Waals surface area contributed by atoms with Crippen LogP contribution in [0.4, 0.5) is 0 Å². The zero-order valence-electron chi connectivity index (χ0n) is 13.1. The van der Waals surface area contributed by atoms with Crippen LogP contribution in [0.25, 0.3) is 0 Å². The fourth-order valence-corrected chi connectivity index (χ4v) is 4.47. The molecule has 8 heteroatoms. The molecule has 2 bridgehead atoms. The summed E-state index contributed by atoms with van der Waals surface area (Å²) in [5.41, 5.74) is 0. The predicted molar refractivity (Wildman–Crippen MR) is 82.6 cm³/mol. The number of nitrogens with zero attached hydrogens (tertiary/aromatic N) is 2. The fourth-order valence-electron chi connectivity index (χ4n) is 2.95. The van der Waals surface area contributed by atoms with Gasteiger partial charge in [0.25, 0.3) is 0 Å². The van der Waals surface area contributed by atoms with Gasteiger partial charge in [-0.15, -0.1) is 0 Å². The Hall–Kier alpha value is -1.64. The van der Waals surface area contributed by atoms with Gasteiger partial charge in [0.2, 0.25) is 15.9 Å². The molecule has 0 saturated carbocycles. The molecule has 0 spiro atoms. The van der Waals surface area contributed by atoms with Gasteiger partial charge in [-0.3, -0.25) is 4.79 Å². The Labute approximate surface area is 135 Å². The number of ether oxygens (including phenoxy) is 2. The van der Waals surface area contributed by atoms with E-state index in [4.69, 9.17) is 9.47 Å². The molecule has 2 saturated heterocycles. The Bertz CT molecular complexity index is 688. The van der Waals surface area contributed by atoms with Gasteiger partial charge in [-0.2, -0.15) is 4.31 Å². The summed E-state index contributed by atoms with van der Waals surface area (Å²) in [7, 11) is -0.421. The number of rotatable bonds is 3. The molecule has 2 aliphatic heterocycles. The van der Waals surface area contributed by atoms with Crippen molar-refractivity contribution in [1.29, 1.82) is 0 Å². The minimum atomic E-state index is -3.66. The summed E-state index contributed by atoms with van der Waals surface area (Å²) in [5, 5.41) is 0. The molecule has 0 radical (unpaired) electrons. The summed E-state index contributed by atoms with van der Waals surface area (Å²) in [6, 6.07) is 6.02. The molecule has 2 fully saturated rings. The van der Waals surface area contributed by atoms with Crippen molar-refractivity contribution in [2.24, 2.45) is 5.92 Å². The molecule has 1 aromatic rings. The number of methoxy groups -OCH3 is 1. The van der Waals surface area contributed by atoms with Crippen molar-refractivity contribution in [3.63, 3.8) is 0 Å². The van der Waals surface area contributed by atoms with Crippen molar-refractivity contribution < 1.29 is 22.7 Å². The highest BCUT2D eigenvalue weighted by molar-refractivity contribution is 7.89. The molecule has 0 aliphatic carbocycles. The van der Waals surface area contributed by atoms with Crippen LogP contribution in [0.3, 0.4) is 0 Å². The number of carbonyl (C=O) groups is 1. The standard InChI is InChI=1S/C15H20N2O5S/c1-16-12-8-17(7-11(15(16)18)9-22-10-12)23(19,20)14-5-3-13(21-2)4-6-14/h3-6,11-12H,7-10H2,1-2H3/t11-,12+/m1/s1. The third-order valence-corrected chi connectivity index (χ3v) is 6.26. The lowest BCUT2D eigenvalue weighted by Gasteiger charge is -2.28. The maximum atomic E-state index is 12.9. The summed E-state index contributed by atoms with van der Waals surface area (Å²) < 4.78 is 37.8. The third kappa shape index (κ3) is 2.93. The molecular formula is C15H20N2O5S. The molecule has 0 N–H and O–H groups in total. The number of sulfonamides is 1. The topological polar surface area (TPSA) is 76.2 Å². The summed E-state index contributed by atoms with van der Waals surface area (Å²) in [5.74, 6) is 0.0838. The van der Waals surface area contributed by atoms with Gasteiger partial charge in [-0.25, -0.2) is 8.42 Å². The Balaban J connectivity index is 1.92. The number of likely N-dealkylation sites (N-methyl/N-ethyl adjacent to an activating group) is 1. The molecule has 2 heterocycles. The number of fused-ring (bicyclic) bond motifs is 3. The van der Waals surface area contributed by atoms with E-state index < -0.39 is 15.9 Å². The van der Waals surface area contributed by atoms with Crippen molar-refractivity contribution >= 4 is 15.9 Å². The maximum Gasteiger partial charge on any atom is 0.243 e. The predicted octanol–water partition coefficient (Wildman–Crippen LogP) is 0.173. The van der Waals surface area contributed by atoms with Crippen LogP contribution in [0, 0.1) is 5.92 Å². The van der Waals surface area contributed by atoms with Crippen molar-refractivity contribution in [2.75, 3.05) is 40.5 Å². The van der Waals surface area contributed by atoms with Crippen LogP contribution in [0.1, 0.15) is 0 Å². The number of amides is 1. The highest BCUT2D eigenvalue weighted by atomic mass is 32.2. The summed E-state index contributed by atoms with van der Waals surface area (Å²) in [6.45, 7) is 1.00. The molecule has 7 nitrogen and oxygen atoms in total. The molecule has 2 atom stereocenters. The molecule has 0 unspecified atom stereocenters. The Morgan fingerprint density at radius 1 is 1.17 bits per heavy atom. The first kappa shape index (κ1) is 16.2. The average Bonchev–Trinajstić information content (AvgIpc) is 2.73. The van der Waals surface area contributed by atoms with Gasteiger partial charge in [0, 0.05) is 20.1 Å². The largest absolute Gasteiger partial charge is 0.497 e. The Morgan fingerprint density at radius 2 is 1.87 bits per heavy atom. The first-order valence-electron chi connectivity index (χ1n) is 7.42. The maximum absolute atomic E-state index is 12.9. The third-order valence-electron chi connectivity index (χ3n) is 4.41.